The number of fused-ring (bicyclic) bond motifs is 1. The molecular formula is C21H23N3O5S. The van der Waals surface area contributed by atoms with Gasteiger partial charge in [-0.3, -0.25) is 19.7 Å². The van der Waals surface area contributed by atoms with E-state index in [0.717, 1.165) is 32.1 Å². The largest absolute Gasteiger partial charge is 0.467 e. The summed E-state index contributed by atoms with van der Waals surface area (Å²) < 4.78 is 5.41. The molecule has 2 amide bonds. The molecule has 2 aromatic rings. The van der Waals surface area contributed by atoms with Crippen molar-refractivity contribution in [3.63, 3.8) is 0 Å². The van der Waals surface area contributed by atoms with Crippen LogP contribution >= 0.6 is 11.8 Å². The number of nitrogens with one attached hydrogen (secondary N) is 1. The number of hydrogen-bond acceptors (Lipinski definition) is 6. The highest BCUT2D eigenvalue weighted by atomic mass is 32.2. The number of amides is 2. The molecule has 1 unspecified atom stereocenters. The number of thioether (sulfide) groups is 1. The molecule has 9 heteroatoms. The fraction of sp³-hybridized carbons (Fsp3) is 0.429. The first-order valence-electron chi connectivity index (χ1n) is 10.1. The van der Waals surface area contributed by atoms with Crippen molar-refractivity contribution in [2.75, 3.05) is 5.75 Å². The van der Waals surface area contributed by atoms with Crippen LogP contribution < -0.4 is 5.32 Å². The monoisotopic (exact) mass is 429 g/mol. The summed E-state index contributed by atoms with van der Waals surface area (Å²) in [5, 5.41) is 14.5. The second-order valence-electron chi connectivity index (χ2n) is 7.61. The lowest BCUT2D eigenvalue weighted by molar-refractivity contribution is -0.385. The zero-order valence-electron chi connectivity index (χ0n) is 16.4. The van der Waals surface area contributed by atoms with Crippen LogP contribution in [0.3, 0.4) is 0 Å². The van der Waals surface area contributed by atoms with E-state index in [0.29, 0.717) is 16.2 Å². The molecule has 158 valence electrons. The van der Waals surface area contributed by atoms with E-state index >= 15 is 0 Å². The Morgan fingerprint density at radius 2 is 2.07 bits per heavy atom. The van der Waals surface area contributed by atoms with Gasteiger partial charge in [0, 0.05) is 28.6 Å². The Labute approximate surface area is 178 Å². The normalized spacial score (nSPS) is 19.8. The van der Waals surface area contributed by atoms with Gasteiger partial charge in [-0.2, -0.15) is 0 Å². The molecule has 0 bridgehead atoms. The third kappa shape index (κ3) is 4.35. The van der Waals surface area contributed by atoms with E-state index < -0.39 is 11.0 Å². The Morgan fingerprint density at radius 1 is 1.27 bits per heavy atom. The molecule has 0 radical (unpaired) electrons. The minimum Gasteiger partial charge on any atom is -0.467 e. The van der Waals surface area contributed by atoms with Gasteiger partial charge in [0.2, 0.25) is 11.8 Å². The zero-order chi connectivity index (χ0) is 21.1. The van der Waals surface area contributed by atoms with Crippen molar-refractivity contribution >= 4 is 29.3 Å². The lowest BCUT2D eigenvalue weighted by Gasteiger charge is -2.31. The van der Waals surface area contributed by atoms with Gasteiger partial charge in [-0.25, -0.2) is 0 Å². The molecule has 8 nitrogen and oxygen atoms in total. The van der Waals surface area contributed by atoms with Crippen LogP contribution in [0.1, 0.15) is 49.5 Å². The summed E-state index contributed by atoms with van der Waals surface area (Å²) >= 11 is 1.30. The average molecular weight is 429 g/mol. The maximum absolute atomic E-state index is 13.4. The lowest BCUT2D eigenvalue weighted by atomic mass is 9.94. The summed E-state index contributed by atoms with van der Waals surface area (Å²) in [6, 6.07) is 7.04. The van der Waals surface area contributed by atoms with E-state index in [4.69, 9.17) is 4.42 Å². The summed E-state index contributed by atoms with van der Waals surface area (Å²) in [5.74, 6) is 0.196. The molecule has 4 rings (SSSR count). The summed E-state index contributed by atoms with van der Waals surface area (Å²) in [7, 11) is 0. The predicted molar refractivity (Wildman–Crippen MR) is 111 cm³/mol. The number of nitrogens with zero attached hydrogens (tertiary/aromatic N) is 2. The Morgan fingerprint density at radius 3 is 2.77 bits per heavy atom. The summed E-state index contributed by atoms with van der Waals surface area (Å²) in [6.07, 6.45) is 6.60. The van der Waals surface area contributed by atoms with Gasteiger partial charge < -0.3 is 14.6 Å². The fourth-order valence-corrected chi connectivity index (χ4v) is 5.03. The zero-order valence-corrected chi connectivity index (χ0v) is 17.2. The van der Waals surface area contributed by atoms with Crippen LogP contribution in [0.25, 0.3) is 0 Å². The van der Waals surface area contributed by atoms with Crippen molar-refractivity contribution in [3.8, 4) is 0 Å². The molecule has 30 heavy (non-hydrogen) atoms. The minimum absolute atomic E-state index is 0.0601. The maximum Gasteiger partial charge on any atom is 0.269 e. The van der Waals surface area contributed by atoms with Gasteiger partial charge >= 0.3 is 0 Å². The molecule has 2 heterocycles. The molecule has 1 aliphatic heterocycles. The van der Waals surface area contributed by atoms with Gasteiger partial charge in [0.25, 0.3) is 5.69 Å². The number of furan rings is 1. The van der Waals surface area contributed by atoms with E-state index in [1.165, 1.54) is 35.1 Å². The number of nitro groups is 1. The van der Waals surface area contributed by atoms with Gasteiger partial charge in [0.1, 0.15) is 11.8 Å². The van der Waals surface area contributed by atoms with Gasteiger partial charge in [-0.05, 0) is 31.0 Å². The second kappa shape index (κ2) is 8.91. The Balaban J connectivity index is 1.73. The van der Waals surface area contributed by atoms with Crippen LogP contribution in [0.4, 0.5) is 5.69 Å². The van der Waals surface area contributed by atoms with Gasteiger partial charge in [0.15, 0.2) is 0 Å². The SMILES string of the molecule is O=C(NC1CCCCC1)C1c2cc([N+](=O)[O-])ccc2SCC(=O)N1Cc1ccco1. The first-order valence-corrected chi connectivity index (χ1v) is 11.0. The number of hydrogen-bond donors (Lipinski definition) is 1. The third-order valence-electron chi connectivity index (χ3n) is 5.59. The standard InChI is InChI=1S/C21H23N3O5S/c25-19-13-30-18-9-8-15(24(27)28)11-17(18)20(23(19)12-16-7-4-10-29-16)21(26)22-14-5-2-1-3-6-14/h4,7-11,14,20H,1-3,5-6,12-13H2,(H,22,26). The van der Waals surface area contributed by atoms with Crippen molar-refractivity contribution < 1.29 is 18.9 Å². The quantitative estimate of drug-likeness (QED) is 0.572. The van der Waals surface area contributed by atoms with E-state index in [-0.39, 0.29) is 35.8 Å². The first-order chi connectivity index (χ1) is 14.5. The molecule has 1 N–H and O–H groups in total. The Hall–Kier alpha value is -2.81. The number of carbonyl (C=O) groups is 2. The van der Waals surface area contributed by atoms with E-state index in [9.17, 15) is 19.7 Å². The second-order valence-corrected chi connectivity index (χ2v) is 8.63. The molecular weight excluding hydrogens is 406 g/mol. The molecule has 2 aliphatic rings. The molecule has 0 spiro atoms. The molecule has 0 saturated heterocycles. The number of non-ortho nitro benzene ring substituents is 1. The van der Waals surface area contributed by atoms with E-state index in [1.807, 2.05) is 0 Å². The van der Waals surface area contributed by atoms with Gasteiger partial charge in [-0.15, -0.1) is 11.8 Å². The van der Waals surface area contributed by atoms with Crippen LogP contribution in [0, 0.1) is 10.1 Å². The highest BCUT2D eigenvalue weighted by Gasteiger charge is 2.38. The van der Waals surface area contributed by atoms with Crippen molar-refractivity contribution in [3.05, 3.63) is 58.0 Å². The topological polar surface area (TPSA) is 106 Å². The highest BCUT2D eigenvalue weighted by molar-refractivity contribution is 8.00. The van der Waals surface area contributed by atoms with E-state index in [1.54, 1.807) is 18.2 Å². The molecule has 1 fully saturated rings. The molecule has 1 aromatic carbocycles. The lowest BCUT2D eigenvalue weighted by Crippen LogP contribution is -2.46. The molecule has 1 atom stereocenters. The van der Waals surface area contributed by atoms with Crippen molar-refractivity contribution in [2.24, 2.45) is 0 Å². The fourth-order valence-electron chi connectivity index (χ4n) is 4.09. The van der Waals surface area contributed by atoms with Crippen LogP contribution in [0.15, 0.2) is 45.9 Å². The maximum atomic E-state index is 13.4. The van der Waals surface area contributed by atoms with Gasteiger partial charge in [-0.1, -0.05) is 19.3 Å². The van der Waals surface area contributed by atoms with Crippen LogP contribution in [0.5, 0.6) is 0 Å². The van der Waals surface area contributed by atoms with Crippen LogP contribution in [-0.4, -0.2) is 33.4 Å². The summed E-state index contributed by atoms with van der Waals surface area (Å²) in [6.45, 7) is 0.122. The van der Waals surface area contributed by atoms with Crippen LogP contribution in [0.2, 0.25) is 0 Å². The van der Waals surface area contributed by atoms with Crippen molar-refractivity contribution in [1.82, 2.24) is 10.2 Å². The molecule has 1 aromatic heterocycles. The van der Waals surface area contributed by atoms with Crippen molar-refractivity contribution in [1.29, 1.82) is 0 Å². The first kappa shape index (κ1) is 20.5. The summed E-state index contributed by atoms with van der Waals surface area (Å²) in [4.78, 5) is 39.5. The number of rotatable bonds is 5. The number of benzene rings is 1. The number of nitro benzene ring substituents is 1. The van der Waals surface area contributed by atoms with E-state index in [2.05, 4.69) is 5.32 Å². The Bertz CT molecular complexity index is 940. The molecule has 1 aliphatic carbocycles. The average Bonchev–Trinajstić information content (AvgIpc) is 3.21. The Kier molecular flexibility index (Phi) is 6.08. The van der Waals surface area contributed by atoms with Gasteiger partial charge in [0.05, 0.1) is 23.5 Å². The smallest absolute Gasteiger partial charge is 0.269 e. The summed E-state index contributed by atoms with van der Waals surface area (Å²) in [5.41, 5.74) is 0.386. The highest BCUT2D eigenvalue weighted by Crippen LogP contribution is 2.38. The third-order valence-corrected chi connectivity index (χ3v) is 6.66. The minimum atomic E-state index is -0.950. The number of carbonyl (C=O) groups excluding carboxylic acids is 2. The van der Waals surface area contributed by atoms with Crippen molar-refractivity contribution in [2.45, 2.75) is 55.6 Å². The van der Waals surface area contributed by atoms with Crippen LogP contribution in [-0.2, 0) is 16.1 Å². The molecule has 1 saturated carbocycles. The predicted octanol–water partition coefficient (Wildman–Crippen LogP) is 3.81.